The summed E-state index contributed by atoms with van der Waals surface area (Å²) in [5, 5.41) is 8.34. The maximum atomic E-state index is 12.5. The second-order valence-corrected chi connectivity index (χ2v) is 8.48. The zero-order valence-electron chi connectivity index (χ0n) is 15.9. The number of carbonyl (C=O) groups is 2. The van der Waals surface area contributed by atoms with Crippen molar-refractivity contribution in [2.75, 3.05) is 12.3 Å². The summed E-state index contributed by atoms with van der Waals surface area (Å²) in [5.74, 6) is 1.50. The summed E-state index contributed by atoms with van der Waals surface area (Å²) in [6.07, 6.45) is 7.93. The fraction of sp³-hybridized carbons (Fsp3) is 0.524. The van der Waals surface area contributed by atoms with Crippen LogP contribution in [0.5, 0.6) is 0 Å². The van der Waals surface area contributed by atoms with Crippen LogP contribution in [-0.2, 0) is 11.3 Å². The molecule has 1 saturated heterocycles. The van der Waals surface area contributed by atoms with Gasteiger partial charge in [0.2, 0.25) is 11.8 Å². The molecule has 6 nitrogen and oxygen atoms in total. The molecule has 0 unspecified atom stereocenters. The van der Waals surface area contributed by atoms with E-state index in [0.717, 1.165) is 18.5 Å². The highest BCUT2D eigenvalue weighted by Crippen LogP contribution is 2.32. The minimum absolute atomic E-state index is 0.0506. The standard InChI is InChI=1S/C21H25N3O3S/c25-18(17-10-8-16(9-11-17)15-5-2-1-3-6-15)14-28-21-23-22-19(27-21)13-24-12-4-7-20(24)26/h8-11,15H,1-7,12-14H2. The van der Waals surface area contributed by atoms with E-state index in [1.165, 1.54) is 49.4 Å². The number of hydrogen-bond acceptors (Lipinski definition) is 6. The fourth-order valence-electron chi connectivity index (χ4n) is 3.98. The lowest BCUT2D eigenvalue weighted by Gasteiger charge is -2.22. The van der Waals surface area contributed by atoms with Gasteiger partial charge < -0.3 is 9.32 Å². The summed E-state index contributed by atoms with van der Waals surface area (Å²) in [5.41, 5.74) is 2.07. The van der Waals surface area contributed by atoms with Crippen molar-refractivity contribution in [3.05, 3.63) is 41.3 Å². The topological polar surface area (TPSA) is 76.3 Å². The Labute approximate surface area is 169 Å². The molecule has 0 N–H and O–H groups in total. The molecule has 2 aromatic rings. The Bertz CT molecular complexity index is 828. The molecular weight excluding hydrogens is 374 g/mol. The number of thioether (sulfide) groups is 1. The van der Waals surface area contributed by atoms with Gasteiger partial charge in [-0.1, -0.05) is 55.3 Å². The van der Waals surface area contributed by atoms with Crippen LogP contribution in [0.3, 0.4) is 0 Å². The summed E-state index contributed by atoms with van der Waals surface area (Å²) >= 11 is 1.24. The molecule has 1 aliphatic heterocycles. The molecular formula is C21H25N3O3S. The van der Waals surface area contributed by atoms with Gasteiger partial charge in [-0.05, 0) is 30.7 Å². The summed E-state index contributed by atoms with van der Waals surface area (Å²) in [4.78, 5) is 25.9. The molecule has 0 atom stereocenters. The first-order valence-electron chi connectivity index (χ1n) is 10.0. The molecule has 1 aliphatic carbocycles. The number of nitrogens with zero attached hydrogens (tertiary/aromatic N) is 3. The molecule has 4 rings (SSSR count). The predicted octanol–water partition coefficient (Wildman–Crippen LogP) is 4.21. The molecule has 148 valence electrons. The van der Waals surface area contributed by atoms with Gasteiger partial charge in [-0.25, -0.2) is 0 Å². The highest BCUT2D eigenvalue weighted by molar-refractivity contribution is 7.99. The van der Waals surface area contributed by atoms with Gasteiger partial charge in [-0.2, -0.15) is 0 Å². The molecule has 2 aliphatic rings. The summed E-state index contributed by atoms with van der Waals surface area (Å²) in [6.45, 7) is 1.09. The molecule has 2 heterocycles. The number of hydrogen-bond donors (Lipinski definition) is 0. The van der Waals surface area contributed by atoms with E-state index in [0.29, 0.717) is 30.0 Å². The van der Waals surface area contributed by atoms with E-state index >= 15 is 0 Å². The first-order chi connectivity index (χ1) is 13.7. The van der Waals surface area contributed by atoms with Gasteiger partial charge in [-0.3, -0.25) is 9.59 Å². The van der Waals surface area contributed by atoms with Gasteiger partial charge in [0.25, 0.3) is 5.22 Å². The quantitative estimate of drug-likeness (QED) is 0.513. The molecule has 1 aromatic heterocycles. The lowest BCUT2D eigenvalue weighted by Crippen LogP contribution is -2.23. The van der Waals surface area contributed by atoms with Gasteiger partial charge in [0.1, 0.15) is 0 Å². The number of aromatic nitrogens is 2. The average Bonchev–Trinajstić information content (AvgIpc) is 3.36. The van der Waals surface area contributed by atoms with E-state index in [1.807, 2.05) is 12.1 Å². The number of carbonyl (C=O) groups excluding carboxylic acids is 2. The summed E-state index contributed by atoms with van der Waals surface area (Å²) in [7, 11) is 0. The first-order valence-corrected chi connectivity index (χ1v) is 11.0. The van der Waals surface area contributed by atoms with Gasteiger partial charge in [0, 0.05) is 18.5 Å². The Balaban J connectivity index is 1.28. The van der Waals surface area contributed by atoms with Crippen LogP contribution in [0.1, 0.15) is 72.7 Å². The van der Waals surface area contributed by atoms with Crippen molar-refractivity contribution < 1.29 is 14.0 Å². The Morgan fingerprint density at radius 2 is 1.89 bits per heavy atom. The Morgan fingerprint density at radius 3 is 2.61 bits per heavy atom. The highest BCUT2D eigenvalue weighted by Gasteiger charge is 2.22. The Hall–Kier alpha value is -2.15. The summed E-state index contributed by atoms with van der Waals surface area (Å²) in [6, 6.07) is 8.08. The van der Waals surface area contributed by atoms with Crippen molar-refractivity contribution in [3.8, 4) is 0 Å². The van der Waals surface area contributed by atoms with Crippen molar-refractivity contribution in [3.63, 3.8) is 0 Å². The third-order valence-electron chi connectivity index (χ3n) is 5.58. The molecule has 1 aromatic carbocycles. The lowest BCUT2D eigenvalue weighted by molar-refractivity contribution is -0.128. The maximum absolute atomic E-state index is 12.5. The second kappa shape index (κ2) is 8.90. The number of amides is 1. The van der Waals surface area contributed by atoms with Gasteiger partial charge in [-0.15, -0.1) is 10.2 Å². The molecule has 1 saturated carbocycles. The third-order valence-corrected chi connectivity index (χ3v) is 6.40. The molecule has 0 radical (unpaired) electrons. The number of rotatable bonds is 7. The highest BCUT2D eigenvalue weighted by atomic mass is 32.2. The van der Waals surface area contributed by atoms with Crippen molar-refractivity contribution in [1.82, 2.24) is 15.1 Å². The number of ketones is 1. The number of benzene rings is 1. The SMILES string of the molecule is O=C(CSc1nnc(CN2CCCC2=O)o1)c1ccc(C2CCCCC2)cc1. The predicted molar refractivity (Wildman–Crippen MR) is 106 cm³/mol. The second-order valence-electron chi connectivity index (χ2n) is 7.55. The largest absolute Gasteiger partial charge is 0.414 e. The van der Waals surface area contributed by atoms with E-state index in [2.05, 4.69) is 22.3 Å². The van der Waals surface area contributed by atoms with Crippen molar-refractivity contribution in [1.29, 1.82) is 0 Å². The maximum Gasteiger partial charge on any atom is 0.277 e. The van der Waals surface area contributed by atoms with E-state index in [1.54, 1.807) is 4.90 Å². The molecule has 7 heteroatoms. The lowest BCUT2D eigenvalue weighted by atomic mass is 9.84. The van der Waals surface area contributed by atoms with Crippen LogP contribution in [-0.4, -0.2) is 39.1 Å². The number of likely N-dealkylation sites (tertiary alicyclic amines) is 1. The van der Waals surface area contributed by atoms with Crippen molar-refractivity contribution in [2.24, 2.45) is 0 Å². The van der Waals surface area contributed by atoms with E-state index in [4.69, 9.17) is 4.42 Å². The zero-order valence-corrected chi connectivity index (χ0v) is 16.7. The van der Waals surface area contributed by atoms with E-state index in [9.17, 15) is 9.59 Å². The smallest absolute Gasteiger partial charge is 0.277 e. The average molecular weight is 400 g/mol. The van der Waals surface area contributed by atoms with Crippen molar-refractivity contribution in [2.45, 2.75) is 62.6 Å². The van der Waals surface area contributed by atoms with Crippen LogP contribution < -0.4 is 0 Å². The van der Waals surface area contributed by atoms with Crippen LogP contribution in [0.25, 0.3) is 0 Å². The van der Waals surface area contributed by atoms with Crippen LogP contribution in [0, 0.1) is 0 Å². The fourth-order valence-corrected chi connectivity index (χ4v) is 4.66. The first kappa shape index (κ1) is 19.2. The molecule has 28 heavy (non-hydrogen) atoms. The number of Topliss-reactive ketones (excluding diaryl/α,β-unsaturated/α-hetero) is 1. The van der Waals surface area contributed by atoms with E-state index in [-0.39, 0.29) is 17.4 Å². The van der Waals surface area contributed by atoms with Gasteiger partial charge in [0.05, 0.1) is 12.3 Å². The normalized spacial score (nSPS) is 18.0. The van der Waals surface area contributed by atoms with Crippen LogP contribution in [0.15, 0.2) is 33.9 Å². The molecule has 2 fully saturated rings. The third kappa shape index (κ3) is 4.63. The van der Waals surface area contributed by atoms with Crippen LogP contribution >= 0.6 is 11.8 Å². The minimum Gasteiger partial charge on any atom is -0.414 e. The Kier molecular flexibility index (Phi) is 6.10. The monoisotopic (exact) mass is 399 g/mol. The zero-order chi connectivity index (χ0) is 19.3. The van der Waals surface area contributed by atoms with Gasteiger partial charge in [0.15, 0.2) is 5.78 Å². The van der Waals surface area contributed by atoms with Crippen molar-refractivity contribution >= 4 is 23.5 Å². The molecule has 0 spiro atoms. The minimum atomic E-state index is 0.0506. The Morgan fingerprint density at radius 1 is 1.11 bits per heavy atom. The molecule has 1 amide bonds. The van der Waals surface area contributed by atoms with E-state index < -0.39 is 0 Å². The molecule has 0 bridgehead atoms. The van der Waals surface area contributed by atoms with Gasteiger partial charge >= 0.3 is 0 Å². The summed E-state index contributed by atoms with van der Waals surface area (Å²) < 4.78 is 5.57. The van der Waals surface area contributed by atoms with Crippen LogP contribution in [0.2, 0.25) is 0 Å². The van der Waals surface area contributed by atoms with Crippen LogP contribution in [0.4, 0.5) is 0 Å².